The van der Waals surface area contributed by atoms with Gasteiger partial charge in [-0.15, -0.1) is 0 Å². The van der Waals surface area contributed by atoms with Crippen LogP contribution in [0.25, 0.3) is 11.5 Å². The van der Waals surface area contributed by atoms with Crippen LogP contribution in [-0.2, 0) is 11.8 Å². The SMILES string of the molecule is CNC(C)=O.Cn1c(-c2ccccn2)n[nH]c1=S. The van der Waals surface area contributed by atoms with Crippen LogP contribution in [0.5, 0.6) is 0 Å². The van der Waals surface area contributed by atoms with Crippen molar-refractivity contribution in [3.05, 3.63) is 29.2 Å². The molecule has 0 saturated carbocycles. The molecular weight excluding hydrogens is 250 g/mol. The molecule has 0 aliphatic rings. The number of carbonyl (C=O) groups excluding carboxylic acids is 1. The molecule has 0 aromatic carbocycles. The summed E-state index contributed by atoms with van der Waals surface area (Å²) in [6.07, 6.45) is 1.73. The number of hydrogen-bond donors (Lipinski definition) is 2. The fourth-order valence-corrected chi connectivity index (χ4v) is 1.20. The van der Waals surface area contributed by atoms with E-state index in [9.17, 15) is 4.79 Å². The molecule has 2 heterocycles. The van der Waals surface area contributed by atoms with Gasteiger partial charge in [0.1, 0.15) is 5.69 Å². The third kappa shape index (κ3) is 3.77. The Morgan fingerprint density at radius 1 is 1.50 bits per heavy atom. The lowest BCUT2D eigenvalue weighted by molar-refractivity contribution is -0.118. The topological polar surface area (TPSA) is 75.6 Å². The van der Waals surface area contributed by atoms with Crippen LogP contribution < -0.4 is 5.32 Å². The van der Waals surface area contributed by atoms with Crippen molar-refractivity contribution in [2.24, 2.45) is 7.05 Å². The van der Waals surface area contributed by atoms with Crippen LogP contribution in [0.3, 0.4) is 0 Å². The van der Waals surface area contributed by atoms with Crippen molar-refractivity contribution in [3.63, 3.8) is 0 Å². The number of aromatic amines is 1. The van der Waals surface area contributed by atoms with Gasteiger partial charge in [0, 0.05) is 27.2 Å². The first-order chi connectivity index (χ1) is 8.56. The van der Waals surface area contributed by atoms with Gasteiger partial charge in [-0.2, -0.15) is 5.10 Å². The Kier molecular flexibility index (Phi) is 5.19. The fraction of sp³-hybridized carbons (Fsp3) is 0.273. The summed E-state index contributed by atoms with van der Waals surface area (Å²) in [6.45, 7) is 1.47. The molecule has 1 amide bonds. The molecule has 0 radical (unpaired) electrons. The van der Waals surface area contributed by atoms with E-state index in [1.54, 1.807) is 17.8 Å². The average molecular weight is 265 g/mol. The summed E-state index contributed by atoms with van der Waals surface area (Å²) in [5.41, 5.74) is 0.817. The molecule has 0 saturated heterocycles. The van der Waals surface area contributed by atoms with Gasteiger partial charge >= 0.3 is 0 Å². The van der Waals surface area contributed by atoms with Crippen molar-refractivity contribution in [2.75, 3.05) is 7.05 Å². The van der Waals surface area contributed by atoms with E-state index in [4.69, 9.17) is 12.2 Å². The highest BCUT2D eigenvalue weighted by Gasteiger charge is 2.04. The van der Waals surface area contributed by atoms with E-state index in [0.29, 0.717) is 4.77 Å². The molecule has 0 aliphatic heterocycles. The largest absolute Gasteiger partial charge is 0.359 e. The second kappa shape index (κ2) is 6.65. The molecule has 0 fully saturated rings. The van der Waals surface area contributed by atoms with E-state index in [1.807, 2.05) is 25.2 Å². The number of pyridine rings is 1. The van der Waals surface area contributed by atoms with Crippen molar-refractivity contribution in [2.45, 2.75) is 6.92 Å². The average Bonchev–Trinajstić information content (AvgIpc) is 2.72. The highest BCUT2D eigenvalue weighted by molar-refractivity contribution is 7.71. The standard InChI is InChI=1S/C8H8N4S.C3H7NO/c1-12-7(10-11-8(12)13)6-4-2-3-5-9-6;1-3(5)4-2/h2-5H,1H3,(H,11,13);1-2H3,(H,4,5). The van der Waals surface area contributed by atoms with Crippen LogP contribution in [-0.4, -0.2) is 32.7 Å². The third-order valence-corrected chi connectivity index (χ3v) is 2.49. The molecule has 0 bridgehead atoms. The Labute approximate surface area is 110 Å². The maximum Gasteiger partial charge on any atom is 0.216 e. The number of hydrogen-bond acceptors (Lipinski definition) is 4. The van der Waals surface area contributed by atoms with Crippen LogP contribution in [0.15, 0.2) is 24.4 Å². The Bertz CT molecular complexity index is 560. The fourth-order valence-electron chi connectivity index (χ4n) is 1.07. The van der Waals surface area contributed by atoms with Gasteiger partial charge in [-0.1, -0.05) is 6.07 Å². The molecule has 2 N–H and O–H groups in total. The number of amides is 1. The van der Waals surface area contributed by atoms with Gasteiger partial charge in [0.25, 0.3) is 0 Å². The number of aromatic nitrogens is 4. The summed E-state index contributed by atoms with van der Waals surface area (Å²) in [4.78, 5) is 13.9. The summed E-state index contributed by atoms with van der Waals surface area (Å²) < 4.78 is 2.39. The summed E-state index contributed by atoms with van der Waals surface area (Å²) in [7, 11) is 3.46. The van der Waals surface area contributed by atoms with E-state index < -0.39 is 0 Å². The molecule has 96 valence electrons. The number of H-pyrrole nitrogens is 1. The quantitative estimate of drug-likeness (QED) is 0.762. The zero-order chi connectivity index (χ0) is 13.5. The van der Waals surface area contributed by atoms with Crippen molar-refractivity contribution in [3.8, 4) is 11.5 Å². The lowest BCUT2D eigenvalue weighted by Crippen LogP contribution is -2.11. The van der Waals surface area contributed by atoms with Crippen LogP contribution in [0.4, 0.5) is 0 Å². The number of rotatable bonds is 1. The smallest absolute Gasteiger partial charge is 0.216 e. The minimum absolute atomic E-state index is 0.00463. The summed E-state index contributed by atoms with van der Waals surface area (Å²) >= 11 is 4.99. The maximum atomic E-state index is 9.70. The second-order valence-electron chi connectivity index (χ2n) is 3.43. The molecular formula is C11H15N5OS. The lowest BCUT2D eigenvalue weighted by atomic mass is 10.3. The first-order valence-electron chi connectivity index (χ1n) is 5.27. The van der Waals surface area contributed by atoms with E-state index in [0.717, 1.165) is 11.5 Å². The zero-order valence-electron chi connectivity index (χ0n) is 10.5. The predicted octanol–water partition coefficient (Wildman–Crippen LogP) is 1.29. The number of carbonyl (C=O) groups is 1. The molecule has 0 spiro atoms. The van der Waals surface area contributed by atoms with Gasteiger partial charge in [0.2, 0.25) is 5.91 Å². The molecule has 18 heavy (non-hydrogen) atoms. The summed E-state index contributed by atoms with van der Waals surface area (Å²) in [6, 6.07) is 5.68. The Balaban J connectivity index is 0.000000280. The van der Waals surface area contributed by atoms with E-state index in [2.05, 4.69) is 20.5 Å². The molecule has 0 atom stereocenters. The lowest BCUT2D eigenvalue weighted by Gasteiger charge is -1.97. The Morgan fingerprint density at radius 2 is 2.17 bits per heavy atom. The van der Waals surface area contributed by atoms with Gasteiger partial charge in [-0.25, -0.2) is 0 Å². The highest BCUT2D eigenvalue weighted by Crippen LogP contribution is 2.11. The van der Waals surface area contributed by atoms with Crippen LogP contribution in [0.1, 0.15) is 6.92 Å². The highest BCUT2D eigenvalue weighted by atomic mass is 32.1. The second-order valence-corrected chi connectivity index (χ2v) is 3.82. The zero-order valence-corrected chi connectivity index (χ0v) is 11.3. The summed E-state index contributed by atoms with van der Waals surface area (Å²) in [5, 5.41) is 9.17. The van der Waals surface area contributed by atoms with Gasteiger partial charge in [0.15, 0.2) is 10.6 Å². The van der Waals surface area contributed by atoms with E-state index in [1.165, 1.54) is 6.92 Å². The first-order valence-corrected chi connectivity index (χ1v) is 5.68. The summed E-state index contributed by atoms with van der Waals surface area (Å²) in [5.74, 6) is 0.760. The van der Waals surface area contributed by atoms with E-state index in [-0.39, 0.29) is 5.91 Å². The monoisotopic (exact) mass is 265 g/mol. The van der Waals surface area contributed by atoms with Gasteiger partial charge in [-0.05, 0) is 24.4 Å². The molecule has 0 aliphatic carbocycles. The Hall–Kier alpha value is -2.02. The van der Waals surface area contributed by atoms with Crippen molar-refractivity contribution < 1.29 is 4.79 Å². The van der Waals surface area contributed by atoms with Crippen LogP contribution in [0.2, 0.25) is 0 Å². The molecule has 2 rings (SSSR count). The van der Waals surface area contributed by atoms with Gasteiger partial charge in [0.05, 0.1) is 0 Å². The van der Waals surface area contributed by atoms with Crippen molar-refractivity contribution in [1.82, 2.24) is 25.1 Å². The minimum Gasteiger partial charge on any atom is -0.359 e. The normalized spacial score (nSPS) is 9.28. The predicted molar refractivity (Wildman–Crippen MR) is 71.4 cm³/mol. The first kappa shape index (κ1) is 14.0. The minimum atomic E-state index is 0.00463. The van der Waals surface area contributed by atoms with Gasteiger partial charge < -0.3 is 9.88 Å². The van der Waals surface area contributed by atoms with Crippen LogP contribution in [0, 0.1) is 4.77 Å². The Morgan fingerprint density at radius 3 is 2.56 bits per heavy atom. The molecule has 0 unspecified atom stereocenters. The van der Waals surface area contributed by atoms with Crippen molar-refractivity contribution in [1.29, 1.82) is 0 Å². The number of nitrogens with one attached hydrogen (secondary N) is 2. The van der Waals surface area contributed by atoms with Gasteiger partial charge in [-0.3, -0.25) is 14.9 Å². The maximum absolute atomic E-state index is 9.70. The molecule has 7 heteroatoms. The molecule has 2 aromatic rings. The third-order valence-electron chi connectivity index (χ3n) is 2.13. The molecule has 6 nitrogen and oxygen atoms in total. The number of nitrogens with zero attached hydrogens (tertiary/aromatic N) is 3. The van der Waals surface area contributed by atoms with E-state index >= 15 is 0 Å². The van der Waals surface area contributed by atoms with Crippen molar-refractivity contribution >= 4 is 18.1 Å². The molecule has 2 aromatic heterocycles. The van der Waals surface area contributed by atoms with Crippen LogP contribution >= 0.6 is 12.2 Å².